The first kappa shape index (κ1) is 23.9. The Bertz CT molecular complexity index is 895. The van der Waals surface area contributed by atoms with Gasteiger partial charge < -0.3 is 19.7 Å². The Morgan fingerprint density at radius 2 is 1.94 bits per heavy atom. The molecule has 0 unspecified atom stereocenters. The minimum absolute atomic E-state index is 0.0386. The fraction of sp³-hybridized carbons (Fsp3) is 0.571. The summed E-state index contributed by atoms with van der Waals surface area (Å²) in [6.45, 7) is 3.34. The number of non-ortho nitro benzene ring substituents is 1. The summed E-state index contributed by atoms with van der Waals surface area (Å²) >= 11 is 6.02. The van der Waals surface area contributed by atoms with E-state index in [9.17, 15) is 24.5 Å². The number of carbonyl (C=O) groups excluding carboxylic acids is 3. The Hall–Kier alpha value is -2.72. The fourth-order valence-electron chi connectivity index (χ4n) is 4.01. The lowest BCUT2D eigenvalue weighted by atomic mass is 9.82. The number of morpholine rings is 1. The quantitative estimate of drug-likeness (QED) is 0.371. The van der Waals surface area contributed by atoms with Crippen molar-refractivity contribution in [3.8, 4) is 0 Å². The molecule has 1 aromatic rings. The zero-order chi connectivity index (χ0) is 23.3. The average molecular weight is 468 g/mol. The second-order valence-electron chi connectivity index (χ2n) is 8.12. The minimum atomic E-state index is -1.17. The van der Waals surface area contributed by atoms with E-state index in [2.05, 4.69) is 5.32 Å². The third-order valence-corrected chi connectivity index (χ3v) is 6.25. The minimum Gasteiger partial charge on any atom is -0.452 e. The lowest BCUT2D eigenvalue weighted by molar-refractivity contribution is -0.384. The second-order valence-corrected chi connectivity index (χ2v) is 8.52. The molecule has 3 rings (SSSR count). The maximum atomic E-state index is 13.1. The molecule has 0 radical (unpaired) electrons. The third kappa shape index (κ3) is 5.55. The number of anilines is 1. The Morgan fingerprint density at radius 1 is 1.28 bits per heavy atom. The van der Waals surface area contributed by atoms with Crippen LogP contribution in [0.1, 0.15) is 39.0 Å². The number of halogens is 1. The maximum Gasteiger partial charge on any atom is 0.313 e. The summed E-state index contributed by atoms with van der Waals surface area (Å²) in [6.07, 6.45) is 1.51. The van der Waals surface area contributed by atoms with E-state index in [1.165, 1.54) is 19.1 Å². The zero-order valence-corrected chi connectivity index (χ0v) is 18.6. The molecule has 1 atom stereocenters. The van der Waals surface area contributed by atoms with Crippen LogP contribution in [0.5, 0.6) is 0 Å². The van der Waals surface area contributed by atoms with Crippen molar-refractivity contribution in [1.82, 2.24) is 4.90 Å². The van der Waals surface area contributed by atoms with Crippen molar-refractivity contribution in [2.24, 2.45) is 5.41 Å². The van der Waals surface area contributed by atoms with Crippen molar-refractivity contribution in [2.45, 2.75) is 45.1 Å². The number of ether oxygens (including phenoxy) is 2. The number of nitrogens with zero attached hydrogens (tertiary/aromatic N) is 2. The number of benzene rings is 1. The third-order valence-electron chi connectivity index (χ3n) is 5.92. The number of amides is 2. The van der Waals surface area contributed by atoms with E-state index >= 15 is 0 Å². The molecule has 0 spiro atoms. The summed E-state index contributed by atoms with van der Waals surface area (Å²) in [5.74, 6) is -1.37. The molecule has 1 saturated carbocycles. The van der Waals surface area contributed by atoms with Gasteiger partial charge in [-0.1, -0.05) is 24.4 Å². The molecule has 32 heavy (non-hydrogen) atoms. The Balaban J connectivity index is 1.64. The van der Waals surface area contributed by atoms with Gasteiger partial charge in [0.05, 0.1) is 34.3 Å². The lowest BCUT2D eigenvalue weighted by Crippen LogP contribution is -2.45. The van der Waals surface area contributed by atoms with E-state index < -0.39 is 28.3 Å². The molecule has 1 heterocycles. The SMILES string of the molecule is C[C@@H](OC(=O)C1(CC(=O)N2CCOCC2)CCCC1)C(=O)Nc1cc([N+](=O)[O-])ccc1Cl. The zero-order valence-electron chi connectivity index (χ0n) is 17.8. The van der Waals surface area contributed by atoms with Crippen LogP contribution >= 0.6 is 11.6 Å². The van der Waals surface area contributed by atoms with Gasteiger partial charge in [-0.2, -0.15) is 0 Å². The van der Waals surface area contributed by atoms with Crippen LogP contribution in [0.25, 0.3) is 0 Å². The Kier molecular flexibility index (Phi) is 7.68. The first-order valence-electron chi connectivity index (χ1n) is 10.5. The van der Waals surface area contributed by atoms with E-state index in [-0.39, 0.29) is 28.7 Å². The van der Waals surface area contributed by atoms with Crippen LogP contribution in [0.4, 0.5) is 11.4 Å². The highest BCUT2D eigenvalue weighted by atomic mass is 35.5. The molecule has 1 saturated heterocycles. The smallest absolute Gasteiger partial charge is 0.313 e. The molecule has 11 heteroatoms. The van der Waals surface area contributed by atoms with Crippen LogP contribution in [-0.2, 0) is 23.9 Å². The second kappa shape index (κ2) is 10.3. The van der Waals surface area contributed by atoms with Crippen molar-refractivity contribution in [3.63, 3.8) is 0 Å². The summed E-state index contributed by atoms with van der Waals surface area (Å²) in [6, 6.07) is 3.65. The average Bonchev–Trinajstić information content (AvgIpc) is 3.25. The van der Waals surface area contributed by atoms with Crippen LogP contribution in [-0.4, -0.2) is 60.0 Å². The predicted octanol–water partition coefficient (Wildman–Crippen LogP) is 2.93. The number of hydrogen-bond donors (Lipinski definition) is 1. The molecule has 2 amide bonds. The van der Waals surface area contributed by atoms with Crippen LogP contribution in [0.3, 0.4) is 0 Å². The molecule has 0 aromatic heterocycles. The molecule has 1 aliphatic carbocycles. The largest absolute Gasteiger partial charge is 0.452 e. The highest BCUT2D eigenvalue weighted by Crippen LogP contribution is 2.43. The number of rotatable bonds is 7. The van der Waals surface area contributed by atoms with Gasteiger partial charge in [0, 0.05) is 31.6 Å². The van der Waals surface area contributed by atoms with Crippen molar-refractivity contribution in [3.05, 3.63) is 33.3 Å². The Morgan fingerprint density at radius 3 is 2.56 bits per heavy atom. The molecule has 10 nitrogen and oxygen atoms in total. The van der Waals surface area contributed by atoms with Gasteiger partial charge in [-0.05, 0) is 25.8 Å². The van der Waals surface area contributed by atoms with Gasteiger partial charge in [0.15, 0.2) is 6.10 Å². The Labute approximate surface area is 190 Å². The van der Waals surface area contributed by atoms with Crippen molar-refractivity contribution < 1.29 is 28.8 Å². The molecule has 1 aliphatic heterocycles. The number of nitrogens with one attached hydrogen (secondary N) is 1. The summed E-state index contributed by atoms with van der Waals surface area (Å²) in [5.41, 5.74) is -1.14. The number of carbonyl (C=O) groups is 3. The van der Waals surface area contributed by atoms with E-state index in [1.807, 2.05) is 0 Å². The van der Waals surface area contributed by atoms with Gasteiger partial charge in [0.1, 0.15) is 0 Å². The molecule has 0 bridgehead atoms. The molecular weight excluding hydrogens is 442 g/mol. The standard InChI is InChI=1S/C21H26ClN3O7/c1-14(19(27)23-17-12-15(25(29)30)4-5-16(17)22)32-20(28)21(6-2-3-7-21)13-18(26)24-8-10-31-11-9-24/h4-5,12,14H,2-3,6-11,13H2,1H3,(H,23,27)/t14-/m1/s1. The highest BCUT2D eigenvalue weighted by Gasteiger charge is 2.46. The monoisotopic (exact) mass is 467 g/mol. The molecule has 2 aliphatic rings. The van der Waals surface area contributed by atoms with Crippen LogP contribution in [0, 0.1) is 15.5 Å². The first-order chi connectivity index (χ1) is 15.2. The number of nitro groups is 1. The van der Waals surface area contributed by atoms with Gasteiger partial charge in [0.25, 0.3) is 11.6 Å². The van der Waals surface area contributed by atoms with Crippen molar-refractivity contribution in [1.29, 1.82) is 0 Å². The fourth-order valence-corrected chi connectivity index (χ4v) is 4.18. The van der Waals surface area contributed by atoms with Crippen LogP contribution in [0.2, 0.25) is 5.02 Å². The number of hydrogen-bond acceptors (Lipinski definition) is 7. The molecule has 1 aromatic carbocycles. The first-order valence-corrected chi connectivity index (χ1v) is 10.9. The molecule has 2 fully saturated rings. The van der Waals surface area contributed by atoms with Gasteiger partial charge in [-0.3, -0.25) is 24.5 Å². The topological polar surface area (TPSA) is 128 Å². The van der Waals surface area contributed by atoms with Crippen molar-refractivity contribution >= 4 is 40.8 Å². The van der Waals surface area contributed by atoms with Gasteiger partial charge in [-0.25, -0.2) is 0 Å². The van der Waals surface area contributed by atoms with E-state index in [0.29, 0.717) is 39.1 Å². The summed E-state index contributed by atoms with van der Waals surface area (Å²) < 4.78 is 10.7. The predicted molar refractivity (Wildman–Crippen MR) is 115 cm³/mol. The van der Waals surface area contributed by atoms with Crippen LogP contribution in [0.15, 0.2) is 18.2 Å². The number of nitro benzene ring substituents is 1. The summed E-state index contributed by atoms with van der Waals surface area (Å²) in [5, 5.41) is 13.5. The summed E-state index contributed by atoms with van der Waals surface area (Å²) in [4.78, 5) is 50.4. The van der Waals surface area contributed by atoms with Gasteiger partial charge in [0.2, 0.25) is 5.91 Å². The number of esters is 1. The molecular formula is C21H26ClN3O7. The van der Waals surface area contributed by atoms with Crippen molar-refractivity contribution in [2.75, 3.05) is 31.6 Å². The molecule has 174 valence electrons. The molecule has 1 N–H and O–H groups in total. The van der Waals surface area contributed by atoms with Gasteiger partial charge >= 0.3 is 5.97 Å². The van der Waals surface area contributed by atoms with Crippen LogP contribution < -0.4 is 5.32 Å². The lowest BCUT2D eigenvalue weighted by Gasteiger charge is -2.32. The van der Waals surface area contributed by atoms with Gasteiger partial charge in [-0.15, -0.1) is 0 Å². The summed E-state index contributed by atoms with van der Waals surface area (Å²) in [7, 11) is 0. The normalized spacial score (nSPS) is 18.6. The maximum absolute atomic E-state index is 13.1. The highest BCUT2D eigenvalue weighted by molar-refractivity contribution is 6.33. The van der Waals surface area contributed by atoms with E-state index in [0.717, 1.165) is 18.9 Å². The van der Waals surface area contributed by atoms with E-state index in [4.69, 9.17) is 21.1 Å². The van der Waals surface area contributed by atoms with E-state index in [1.54, 1.807) is 4.90 Å².